The fraction of sp³-hybridized carbons (Fsp3) is 0.571. The molecule has 6 heteroatoms. The number of sulfonamides is 1. The third-order valence-corrected chi connectivity index (χ3v) is 5.68. The van der Waals surface area contributed by atoms with E-state index in [1.165, 1.54) is 0 Å². The Balaban J connectivity index is 2.32. The first-order valence-electron chi connectivity index (χ1n) is 6.81. The second-order valence-corrected chi connectivity index (χ2v) is 6.99. The van der Waals surface area contributed by atoms with E-state index in [2.05, 4.69) is 5.32 Å². The van der Waals surface area contributed by atoms with Crippen molar-refractivity contribution in [2.75, 3.05) is 27.2 Å². The van der Waals surface area contributed by atoms with Crippen molar-refractivity contribution in [3.8, 4) is 5.75 Å². The van der Waals surface area contributed by atoms with Crippen molar-refractivity contribution in [1.82, 2.24) is 9.62 Å². The van der Waals surface area contributed by atoms with Gasteiger partial charge in [0.1, 0.15) is 5.75 Å². The summed E-state index contributed by atoms with van der Waals surface area (Å²) < 4.78 is 32.3. The lowest BCUT2D eigenvalue weighted by Gasteiger charge is -2.24. The SMILES string of the molecule is CNC[C@@H]1CCCN1S(=O)(=O)c1ccc(OC)c(C)c1. The Bertz CT molecular complexity index is 572. The van der Waals surface area contributed by atoms with Crippen LogP contribution in [0.15, 0.2) is 23.1 Å². The van der Waals surface area contributed by atoms with Crippen LogP contribution < -0.4 is 10.1 Å². The van der Waals surface area contributed by atoms with Crippen LogP contribution in [0.3, 0.4) is 0 Å². The smallest absolute Gasteiger partial charge is 0.243 e. The predicted octanol–water partition coefficient (Wildman–Crippen LogP) is 1.38. The Kier molecular flexibility index (Phi) is 4.67. The molecule has 1 aromatic carbocycles. The fourth-order valence-electron chi connectivity index (χ4n) is 2.71. The number of aryl methyl sites for hydroxylation is 1. The van der Waals surface area contributed by atoms with Gasteiger partial charge in [-0.3, -0.25) is 0 Å². The van der Waals surface area contributed by atoms with E-state index in [9.17, 15) is 8.42 Å². The molecule has 0 radical (unpaired) electrons. The van der Waals surface area contributed by atoms with Crippen LogP contribution in [-0.2, 0) is 10.0 Å². The maximum atomic E-state index is 12.7. The maximum Gasteiger partial charge on any atom is 0.243 e. The van der Waals surface area contributed by atoms with E-state index in [1.807, 2.05) is 14.0 Å². The summed E-state index contributed by atoms with van der Waals surface area (Å²) in [6.45, 7) is 3.14. The molecule has 20 heavy (non-hydrogen) atoms. The van der Waals surface area contributed by atoms with E-state index in [0.717, 1.165) is 18.4 Å². The third kappa shape index (κ3) is 2.82. The molecule has 2 rings (SSSR count). The van der Waals surface area contributed by atoms with E-state index in [1.54, 1.807) is 29.6 Å². The summed E-state index contributed by atoms with van der Waals surface area (Å²) in [7, 11) is 0.0114. The van der Waals surface area contributed by atoms with E-state index in [0.29, 0.717) is 23.7 Å². The second-order valence-electron chi connectivity index (χ2n) is 5.10. The topological polar surface area (TPSA) is 58.6 Å². The molecule has 0 aromatic heterocycles. The second kappa shape index (κ2) is 6.11. The van der Waals surface area contributed by atoms with Crippen molar-refractivity contribution in [2.45, 2.75) is 30.7 Å². The van der Waals surface area contributed by atoms with Crippen LogP contribution in [-0.4, -0.2) is 46.0 Å². The summed E-state index contributed by atoms with van der Waals surface area (Å²) in [6, 6.07) is 5.07. The summed E-state index contributed by atoms with van der Waals surface area (Å²) in [5, 5.41) is 3.07. The lowest BCUT2D eigenvalue weighted by Crippen LogP contribution is -2.40. The molecule has 5 nitrogen and oxygen atoms in total. The molecular weight excluding hydrogens is 276 g/mol. The molecule has 1 atom stereocenters. The molecular formula is C14H22N2O3S. The van der Waals surface area contributed by atoms with Gasteiger partial charge in [0.05, 0.1) is 12.0 Å². The lowest BCUT2D eigenvalue weighted by atomic mass is 10.2. The van der Waals surface area contributed by atoms with Crippen LogP contribution >= 0.6 is 0 Å². The third-order valence-electron chi connectivity index (χ3n) is 3.74. The van der Waals surface area contributed by atoms with Gasteiger partial charge in [-0.15, -0.1) is 0 Å². The average Bonchev–Trinajstić information content (AvgIpc) is 2.88. The normalized spacial score (nSPS) is 20.2. The van der Waals surface area contributed by atoms with Gasteiger partial charge in [-0.1, -0.05) is 0 Å². The minimum absolute atomic E-state index is 0.0485. The monoisotopic (exact) mass is 298 g/mol. The van der Waals surface area contributed by atoms with E-state index in [4.69, 9.17) is 4.74 Å². The van der Waals surface area contributed by atoms with Gasteiger partial charge in [0.2, 0.25) is 10.0 Å². The molecule has 112 valence electrons. The van der Waals surface area contributed by atoms with Crippen LogP contribution in [0.25, 0.3) is 0 Å². The highest BCUT2D eigenvalue weighted by molar-refractivity contribution is 7.89. The Morgan fingerprint density at radius 3 is 2.80 bits per heavy atom. The highest BCUT2D eigenvalue weighted by Crippen LogP contribution is 2.28. The number of rotatable bonds is 5. The molecule has 0 spiro atoms. The van der Waals surface area contributed by atoms with E-state index >= 15 is 0 Å². The maximum absolute atomic E-state index is 12.7. The first-order chi connectivity index (χ1) is 9.50. The number of likely N-dealkylation sites (N-methyl/N-ethyl adjacent to an activating group) is 1. The molecule has 1 heterocycles. The molecule has 1 aliphatic heterocycles. The summed E-state index contributed by atoms with van der Waals surface area (Å²) in [5.41, 5.74) is 0.831. The van der Waals surface area contributed by atoms with Gasteiger partial charge in [-0.25, -0.2) is 8.42 Å². The molecule has 0 unspecified atom stereocenters. The molecule has 1 aliphatic rings. The van der Waals surface area contributed by atoms with Crippen LogP contribution in [0.4, 0.5) is 0 Å². The van der Waals surface area contributed by atoms with Gasteiger partial charge in [-0.2, -0.15) is 4.31 Å². The lowest BCUT2D eigenvalue weighted by molar-refractivity contribution is 0.379. The number of nitrogens with zero attached hydrogens (tertiary/aromatic N) is 1. The van der Waals surface area contributed by atoms with E-state index in [-0.39, 0.29) is 6.04 Å². The van der Waals surface area contributed by atoms with Crippen molar-refractivity contribution in [3.63, 3.8) is 0 Å². The zero-order chi connectivity index (χ0) is 14.8. The summed E-state index contributed by atoms with van der Waals surface area (Å²) in [4.78, 5) is 0.346. The zero-order valence-corrected chi connectivity index (χ0v) is 13.0. The molecule has 1 fully saturated rings. The van der Waals surface area contributed by atoms with Gasteiger partial charge in [0, 0.05) is 19.1 Å². The van der Waals surface area contributed by atoms with Gasteiger partial charge in [0.15, 0.2) is 0 Å². The minimum Gasteiger partial charge on any atom is -0.496 e. The van der Waals surface area contributed by atoms with E-state index < -0.39 is 10.0 Å². The van der Waals surface area contributed by atoms with Crippen molar-refractivity contribution in [1.29, 1.82) is 0 Å². The fourth-order valence-corrected chi connectivity index (χ4v) is 4.49. The van der Waals surface area contributed by atoms with Gasteiger partial charge >= 0.3 is 0 Å². The van der Waals surface area contributed by atoms with Crippen molar-refractivity contribution in [2.24, 2.45) is 0 Å². The Morgan fingerprint density at radius 1 is 1.45 bits per heavy atom. The number of ether oxygens (including phenoxy) is 1. The first-order valence-corrected chi connectivity index (χ1v) is 8.25. The molecule has 0 saturated carbocycles. The number of benzene rings is 1. The number of hydrogen-bond donors (Lipinski definition) is 1. The van der Waals surface area contributed by atoms with Crippen LogP contribution in [0.5, 0.6) is 5.75 Å². The molecule has 1 N–H and O–H groups in total. The van der Waals surface area contributed by atoms with Gasteiger partial charge in [-0.05, 0) is 50.6 Å². The number of nitrogens with one attached hydrogen (secondary N) is 1. The summed E-state index contributed by atoms with van der Waals surface area (Å²) in [5.74, 6) is 0.706. The van der Waals surface area contributed by atoms with Gasteiger partial charge in [0.25, 0.3) is 0 Å². The standard InChI is InChI=1S/C14H22N2O3S/c1-11-9-13(6-7-14(11)19-3)20(17,18)16-8-4-5-12(16)10-15-2/h6-7,9,12,15H,4-5,8,10H2,1-3H3/t12-/m0/s1. The molecule has 0 bridgehead atoms. The minimum atomic E-state index is -3.42. The Labute approximate surface area is 121 Å². The van der Waals surface area contributed by atoms with Crippen LogP contribution in [0, 0.1) is 6.92 Å². The highest BCUT2D eigenvalue weighted by Gasteiger charge is 2.34. The average molecular weight is 298 g/mol. The van der Waals surface area contributed by atoms with Crippen LogP contribution in [0.1, 0.15) is 18.4 Å². The number of methoxy groups -OCH3 is 1. The molecule has 1 aromatic rings. The van der Waals surface area contributed by atoms with Crippen molar-refractivity contribution >= 4 is 10.0 Å². The molecule has 0 amide bonds. The molecule has 1 saturated heterocycles. The van der Waals surface area contributed by atoms with Crippen LogP contribution in [0.2, 0.25) is 0 Å². The quantitative estimate of drug-likeness (QED) is 0.892. The molecule has 0 aliphatic carbocycles. The van der Waals surface area contributed by atoms with Crippen molar-refractivity contribution in [3.05, 3.63) is 23.8 Å². The zero-order valence-electron chi connectivity index (χ0n) is 12.2. The summed E-state index contributed by atoms with van der Waals surface area (Å²) in [6.07, 6.45) is 1.83. The van der Waals surface area contributed by atoms with Gasteiger partial charge < -0.3 is 10.1 Å². The summed E-state index contributed by atoms with van der Waals surface area (Å²) >= 11 is 0. The first kappa shape index (κ1) is 15.3. The number of hydrogen-bond acceptors (Lipinski definition) is 4. The van der Waals surface area contributed by atoms with Crippen molar-refractivity contribution < 1.29 is 13.2 Å². The largest absolute Gasteiger partial charge is 0.496 e. The Hall–Kier alpha value is -1.11. The Morgan fingerprint density at radius 2 is 2.20 bits per heavy atom. The highest BCUT2D eigenvalue weighted by atomic mass is 32.2. The predicted molar refractivity (Wildman–Crippen MR) is 78.6 cm³/mol.